The van der Waals surface area contributed by atoms with Gasteiger partial charge in [-0.1, -0.05) is 23.8 Å². The average molecular weight is 232 g/mol. The molecule has 5 nitrogen and oxygen atoms in total. The lowest BCUT2D eigenvalue weighted by molar-refractivity contribution is 0.0904. The average Bonchev–Trinajstić information content (AvgIpc) is 2.86. The number of imidazole rings is 1. The Morgan fingerprint density at radius 1 is 1.29 bits per heavy atom. The fraction of sp³-hybridized carbons (Fsp3) is 0.250. The molecule has 0 saturated heterocycles. The number of rotatable bonds is 2. The van der Waals surface area contributed by atoms with Crippen LogP contribution in [0.5, 0.6) is 0 Å². The van der Waals surface area contributed by atoms with Crippen LogP contribution in [0.1, 0.15) is 29.4 Å². The van der Waals surface area contributed by atoms with Gasteiger partial charge in [-0.3, -0.25) is 9.59 Å². The van der Waals surface area contributed by atoms with E-state index in [1.54, 1.807) is 0 Å². The van der Waals surface area contributed by atoms with Crippen LogP contribution in [0.4, 0.5) is 0 Å². The predicted octanol–water partition coefficient (Wildman–Crippen LogP) is 1.23. The van der Waals surface area contributed by atoms with Crippen LogP contribution < -0.4 is 5.69 Å². The highest BCUT2D eigenvalue weighted by Gasteiger charge is 2.14. The van der Waals surface area contributed by atoms with E-state index in [-0.39, 0.29) is 12.3 Å². The van der Waals surface area contributed by atoms with Crippen molar-refractivity contribution in [1.82, 2.24) is 9.13 Å². The third-order valence-electron chi connectivity index (χ3n) is 2.61. The Hall–Kier alpha value is -2.17. The van der Waals surface area contributed by atoms with Gasteiger partial charge in [0.1, 0.15) is 0 Å². The highest BCUT2D eigenvalue weighted by Crippen LogP contribution is 2.14. The van der Waals surface area contributed by atoms with Crippen molar-refractivity contribution in [2.75, 3.05) is 0 Å². The minimum Gasteiger partial charge on any atom is -0.274 e. The number of carbonyl (C=O) groups is 2. The molecule has 0 atom stereocenters. The minimum absolute atomic E-state index is 0.203. The van der Waals surface area contributed by atoms with Gasteiger partial charge in [0.2, 0.25) is 11.8 Å². The Morgan fingerprint density at radius 3 is 2.53 bits per heavy atom. The summed E-state index contributed by atoms with van der Waals surface area (Å²) in [6.45, 7) is 1.28. The monoisotopic (exact) mass is 232 g/mol. The van der Waals surface area contributed by atoms with Crippen LogP contribution in [0.2, 0.25) is 0 Å². The molecule has 0 amide bonds. The van der Waals surface area contributed by atoms with Gasteiger partial charge >= 0.3 is 5.69 Å². The van der Waals surface area contributed by atoms with Crippen LogP contribution in [-0.2, 0) is 0 Å². The van der Waals surface area contributed by atoms with Crippen LogP contribution in [0, 0.1) is 0 Å². The van der Waals surface area contributed by atoms with E-state index < -0.39 is 11.6 Å². The second kappa shape index (κ2) is 4.37. The van der Waals surface area contributed by atoms with Crippen LogP contribution in [0.25, 0.3) is 0 Å². The zero-order valence-electron chi connectivity index (χ0n) is 9.42. The standard InChI is InChI=1S/C12H12N2O3/c1-9(15)13-6-7-14(12(13)17)11(16)8-10-4-2-3-5-10/h2-4,6-7H,5,8H2,1H3. The first-order valence-electron chi connectivity index (χ1n) is 5.28. The summed E-state index contributed by atoms with van der Waals surface area (Å²) >= 11 is 0. The summed E-state index contributed by atoms with van der Waals surface area (Å²) in [5.74, 6) is -0.715. The Bertz CT molecular complexity index is 587. The van der Waals surface area contributed by atoms with Crippen LogP contribution in [-0.4, -0.2) is 20.9 Å². The molecule has 17 heavy (non-hydrogen) atoms. The number of allylic oxidation sites excluding steroid dienone is 4. The molecular formula is C12H12N2O3. The minimum atomic E-state index is -0.603. The molecule has 1 aliphatic rings. The third-order valence-corrected chi connectivity index (χ3v) is 2.61. The molecule has 1 aromatic heterocycles. The molecule has 2 rings (SSSR count). The summed E-state index contributed by atoms with van der Waals surface area (Å²) < 4.78 is 1.89. The molecular weight excluding hydrogens is 220 g/mol. The smallest absolute Gasteiger partial charge is 0.274 e. The highest BCUT2D eigenvalue weighted by molar-refractivity contribution is 5.82. The van der Waals surface area contributed by atoms with Gasteiger partial charge < -0.3 is 0 Å². The Labute approximate surface area is 97.7 Å². The number of nitrogens with zero attached hydrogens (tertiary/aromatic N) is 2. The summed E-state index contributed by atoms with van der Waals surface area (Å²) in [5.41, 5.74) is 0.367. The van der Waals surface area contributed by atoms with Crippen molar-refractivity contribution in [3.8, 4) is 0 Å². The number of hydrogen-bond acceptors (Lipinski definition) is 3. The van der Waals surface area contributed by atoms with Gasteiger partial charge in [0.25, 0.3) is 0 Å². The van der Waals surface area contributed by atoms with Gasteiger partial charge in [-0.25, -0.2) is 13.9 Å². The van der Waals surface area contributed by atoms with Gasteiger partial charge in [-0.2, -0.15) is 0 Å². The van der Waals surface area contributed by atoms with Crippen molar-refractivity contribution in [1.29, 1.82) is 0 Å². The molecule has 1 aromatic rings. The molecule has 1 aliphatic carbocycles. The van der Waals surface area contributed by atoms with Crippen LogP contribution in [0.15, 0.2) is 41.0 Å². The summed E-state index contributed by atoms with van der Waals surface area (Å²) in [6.07, 6.45) is 9.28. The molecule has 0 radical (unpaired) electrons. The quantitative estimate of drug-likeness (QED) is 0.770. The normalized spacial score (nSPS) is 13.8. The number of hydrogen-bond donors (Lipinski definition) is 0. The molecule has 0 saturated carbocycles. The van der Waals surface area contributed by atoms with Crippen molar-refractivity contribution in [2.24, 2.45) is 0 Å². The van der Waals surface area contributed by atoms with Gasteiger partial charge in [-0.05, 0) is 6.42 Å². The van der Waals surface area contributed by atoms with Gasteiger partial charge in [0, 0.05) is 25.7 Å². The molecule has 0 N–H and O–H groups in total. The Kier molecular flexibility index (Phi) is 2.91. The maximum atomic E-state index is 11.8. The van der Waals surface area contributed by atoms with Gasteiger partial charge in [-0.15, -0.1) is 0 Å². The number of carbonyl (C=O) groups excluding carboxylic acids is 2. The van der Waals surface area contributed by atoms with E-state index in [0.717, 1.165) is 21.1 Å². The van der Waals surface area contributed by atoms with Crippen molar-refractivity contribution < 1.29 is 9.59 Å². The lowest BCUT2D eigenvalue weighted by Crippen LogP contribution is -2.31. The third kappa shape index (κ3) is 2.18. The maximum Gasteiger partial charge on any atom is 0.341 e. The second-order valence-corrected chi connectivity index (χ2v) is 3.87. The van der Waals surface area contributed by atoms with Gasteiger partial charge in [0.05, 0.1) is 0 Å². The fourth-order valence-corrected chi connectivity index (χ4v) is 1.71. The van der Waals surface area contributed by atoms with E-state index in [1.165, 1.54) is 19.3 Å². The van der Waals surface area contributed by atoms with E-state index in [0.29, 0.717) is 0 Å². The van der Waals surface area contributed by atoms with Crippen molar-refractivity contribution in [3.05, 3.63) is 46.7 Å². The molecule has 1 heterocycles. The molecule has 0 aromatic carbocycles. The largest absolute Gasteiger partial charge is 0.341 e. The lowest BCUT2D eigenvalue weighted by atomic mass is 10.1. The van der Waals surface area contributed by atoms with E-state index >= 15 is 0 Å². The molecule has 0 bridgehead atoms. The van der Waals surface area contributed by atoms with E-state index in [4.69, 9.17) is 0 Å². The van der Waals surface area contributed by atoms with E-state index in [1.807, 2.05) is 18.2 Å². The van der Waals surface area contributed by atoms with Crippen LogP contribution in [0.3, 0.4) is 0 Å². The zero-order valence-corrected chi connectivity index (χ0v) is 9.42. The zero-order chi connectivity index (χ0) is 12.4. The SMILES string of the molecule is CC(=O)n1ccn(C(=O)CC2=CC=CC2)c1=O. The lowest BCUT2D eigenvalue weighted by Gasteiger charge is -2.01. The topological polar surface area (TPSA) is 61.1 Å². The summed E-state index contributed by atoms with van der Waals surface area (Å²) in [5, 5.41) is 0. The van der Waals surface area contributed by atoms with Crippen molar-refractivity contribution in [3.63, 3.8) is 0 Å². The van der Waals surface area contributed by atoms with Gasteiger partial charge in [0.15, 0.2) is 0 Å². The summed E-state index contributed by atoms with van der Waals surface area (Å²) in [4.78, 5) is 34.6. The molecule has 0 aliphatic heterocycles. The predicted molar refractivity (Wildman–Crippen MR) is 62.1 cm³/mol. The summed E-state index contributed by atoms with van der Waals surface area (Å²) in [6, 6.07) is 0. The number of aromatic nitrogens is 2. The van der Waals surface area contributed by atoms with Crippen molar-refractivity contribution >= 4 is 11.8 Å². The van der Waals surface area contributed by atoms with Crippen LogP contribution >= 0.6 is 0 Å². The molecule has 0 fully saturated rings. The Balaban J connectivity index is 2.20. The van der Waals surface area contributed by atoms with E-state index in [9.17, 15) is 14.4 Å². The van der Waals surface area contributed by atoms with Crippen molar-refractivity contribution in [2.45, 2.75) is 19.8 Å². The maximum absolute atomic E-state index is 11.8. The Morgan fingerprint density at radius 2 is 2.00 bits per heavy atom. The highest BCUT2D eigenvalue weighted by atomic mass is 16.2. The first kappa shape index (κ1) is 11.3. The molecule has 88 valence electrons. The molecule has 5 heteroatoms. The second-order valence-electron chi connectivity index (χ2n) is 3.87. The fourth-order valence-electron chi connectivity index (χ4n) is 1.71. The van der Waals surface area contributed by atoms with E-state index in [2.05, 4.69) is 0 Å². The first-order chi connectivity index (χ1) is 8.09. The molecule has 0 unspecified atom stereocenters. The first-order valence-corrected chi connectivity index (χ1v) is 5.28. The molecule has 0 spiro atoms. The summed E-state index contributed by atoms with van der Waals surface area (Å²) in [7, 11) is 0.